The highest BCUT2D eigenvalue weighted by Gasteiger charge is 2.13. The molecule has 0 aliphatic carbocycles. The maximum absolute atomic E-state index is 10.7. The molecule has 1 rings (SSSR count). The van der Waals surface area contributed by atoms with Crippen LogP contribution >= 0.6 is 0 Å². The average Bonchev–Trinajstić information content (AvgIpc) is 2.28. The summed E-state index contributed by atoms with van der Waals surface area (Å²) in [5, 5.41) is 18.7. The van der Waals surface area contributed by atoms with Crippen LogP contribution in [0.15, 0.2) is 18.2 Å². The van der Waals surface area contributed by atoms with E-state index in [1.807, 2.05) is 19.1 Å². The number of hydrogen-bond acceptors (Lipinski definition) is 2. The Bertz CT molecular complexity index is 412. The van der Waals surface area contributed by atoms with Crippen molar-refractivity contribution in [2.75, 3.05) is 0 Å². The Morgan fingerprint density at radius 1 is 1.28 bits per heavy atom. The Hall–Kier alpha value is -1.51. The summed E-state index contributed by atoms with van der Waals surface area (Å²) in [6.07, 6.45) is 2.45. The van der Waals surface area contributed by atoms with Gasteiger partial charge in [-0.2, -0.15) is 0 Å². The van der Waals surface area contributed by atoms with Gasteiger partial charge in [0.05, 0.1) is 5.92 Å². The predicted octanol–water partition coefficient (Wildman–Crippen LogP) is 3.70. The molecule has 0 unspecified atom stereocenters. The van der Waals surface area contributed by atoms with E-state index in [1.165, 1.54) is 0 Å². The van der Waals surface area contributed by atoms with Crippen LogP contribution in [0.25, 0.3) is 0 Å². The second-order valence-electron chi connectivity index (χ2n) is 5.13. The summed E-state index contributed by atoms with van der Waals surface area (Å²) >= 11 is 0. The van der Waals surface area contributed by atoms with Gasteiger partial charge < -0.3 is 10.2 Å². The van der Waals surface area contributed by atoms with Crippen molar-refractivity contribution < 1.29 is 15.0 Å². The van der Waals surface area contributed by atoms with E-state index in [0.717, 1.165) is 24.0 Å². The van der Waals surface area contributed by atoms with E-state index >= 15 is 0 Å². The number of carboxylic acids is 1. The van der Waals surface area contributed by atoms with Crippen LogP contribution in [-0.4, -0.2) is 16.2 Å². The fourth-order valence-corrected chi connectivity index (χ4v) is 2.08. The van der Waals surface area contributed by atoms with Gasteiger partial charge in [-0.3, -0.25) is 4.79 Å². The van der Waals surface area contributed by atoms with Crippen LogP contribution in [-0.2, 0) is 4.79 Å². The molecule has 0 saturated heterocycles. The van der Waals surface area contributed by atoms with Gasteiger partial charge in [-0.05, 0) is 42.9 Å². The van der Waals surface area contributed by atoms with Gasteiger partial charge in [0, 0.05) is 0 Å². The molecule has 0 aromatic heterocycles. The predicted molar refractivity (Wildman–Crippen MR) is 71.9 cm³/mol. The van der Waals surface area contributed by atoms with Gasteiger partial charge in [0.25, 0.3) is 0 Å². The van der Waals surface area contributed by atoms with Crippen molar-refractivity contribution in [2.24, 2.45) is 5.92 Å². The maximum atomic E-state index is 10.7. The van der Waals surface area contributed by atoms with Crippen LogP contribution in [0.4, 0.5) is 0 Å². The monoisotopic (exact) mass is 250 g/mol. The molecule has 2 atom stereocenters. The zero-order valence-electron chi connectivity index (χ0n) is 11.3. The van der Waals surface area contributed by atoms with Crippen molar-refractivity contribution >= 4 is 5.97 Å². The number of carboxylic acid groups (broad SMARTS) is 1. The molecule has 0 saturated carbocycles. The summed E-state index contributed by atoms with van der Waals surface area (Å²) in [5.41, 5.74) is 1.99. The molecule has 1 aromatic rings. The minimum absolute atomic E-state index is 0.256. The summed E-state index contributed by atoms with van der Waals surface area (Å²) in [4.78, 5) is 10.7. The normalized spacial score (nSPS) is 14.2. The van der Waals surface area contributed by atoms with Crippen molar-refractivity contribution in [3.05, 3.63) is 29.3 Å². The number of aryl methyl sites for hydroxylation is 1. The molecule has 0 aliphatic heterocycles. The second-order valence-corrected chi connectivity index (χ2v) is 5.13. The van der Waals surface area contributed by atoms with Gasteiger partial charge in [-0.25, -0.2) is 0 Å². The molecule has 100 valence electrons. The van der Waals surface area contributed by atoms with Crippen LogP contribution < -0.4 is 0 Å². The summed E-state index contributed by atoms with van der Waals surface area (Å²) in [7, 11) is 0. The average molecular weight is 250 g/mol. The first-order valence-electron chi connectivity index (χ1n) is 6.44. The number of aromatic hydroxyl groups is 1. The summed E-state index contributed by atoms with van der Waals surface area (Å²) < 4.78 is 0. The number of carbonyl (C=O) groups is 1. The van der Waals surface area contributed by atoms with Crippen molar-refractivity contribution in [3.63, 3.8) is 0 Å². The topological polar surface area (TPSA) is 57.5 Å². The van der Waals surface area contributed by atoms with Gasteiger partial charge in [-0.1, -0.05) is 32.4 Å². The largest absolute Gasteiger partial charge is 0.508 e. The van der Waals surface area contributed by atoms with E-state index in [2.05, 4.69) is 6.92 Å². The van der Waals surface area contributed by atoms with Gasteiger partial charge in [0.1, 0.15) is 5.75 Å². The zero-order valence-corrected chi connectivity index (χ0v) is 11.3. The number of benzene rings is 1. The van der Waals surface area contributed by atoms with E-state index in [-0.39, 0.29) is 11.8 Å². The highest BCUT2D eigenvalue weighted by molar-refractivity contribution is 5.69. The third-order valence-corrected chi connectivity index (χ3v) is 3.41. The lowest BCUT2D eigenvalue weighted by Crippen LogP contribution is -2.09. The Labute approximate surface area is 108 Å². The fraction of sp³-hybridized carbons (Fsp3) is 0.533. The highest BCUT2D eigenvalue weighted by atomic mass is 16.4. The van der Waals surface area contributed by atoms with Gasteiger partial charge >= 0.3 is 5.97 Å². The molecule has 2 N–H and O–H groups in total. The summed E-state index contributed by atoms with van der Waals surface area (Å²) in [6, 6.07) is 5.72. The van der Waals surface area contributed by atoms with Crippen molar-refractivity contribution in [1.29, 1.82) is 0 Å². The van der Waals surface area contributed by atoms with Gasteiger partial charge in [0.15, 0.2) is 0 Å². The molecule has 0 radical (unpaired) electrons. The molecule has 3 heteroatoms. The number of aliphatic carboxylic acids is 1. The van der Waals surface area contributed by atoms with Gasteiger partial charge in [0.2, 0.25) is 0 Å². The molecule has 1 aromatic carbocycles. The smallest absolute Gasteiger partial charge is 0.306 e. The van der Waals surface area contributed by atoms with Crippen LogP contribution in [0.5, 0.6) is 5.75 Å². The molecule has 0 spiro atoms. The fourth-order valence-electron chi connectivity index (χ4n) is 2.08. The Morgan fingerprint density at radius 3 is 2.50 bits per heavy atom. The molecule has 18 heavy (non-hydrogen) atoms. The molecule has 0 bridgehead atoms. The molecular weight excluding hydrogens is 228 g/mol. The van der Waals surface area contributed by atoms with Crippen molar-refractivity contribution in [3.8, 4) is 5.75 Å². The molecule has 0 aliphatic rings. The van der Waals surface area contributed by atoms with Gasteiger partial charge in [-0.15, -0.1) is 0 Å². The first kappa shape index (κ1) is 14.6. The third kappa shape index (κ3) is 4.06. The quantitative estimate of drug-likeness (QED) is 0.809. The lowest BCUT2D eigenvalue weighted by atomic mass is 9.92. The first-order valence-corrected chi connectivity index (χ1v) is 6.44. The molecular formula is C15H22O3. The van der Waals surface area contributed by atoms with E-state index in [0.29, 0.717) is 12.2 Å². The number of hydrogen-bond donors (Lipinski definition) is 2. The third-order valence-electron chi connectivity index (χ3n) is 3.41. The summed E-state index contributed by atoms with van der Waals surface area (Å²) in [5.74, 6) is -0.426. The van der Waals surface area contributed by atoms with Crippen LogP contribution in [0.1, 0.15) is 50.2 Å². The lowest BCUT2D eigenvalue weighted by Gasteiger charge is -2.14. The highest BCUT2D eigenvalue weighted by Crippen LogP contribution is 2.30. The first-order chi connectivity index (χ1) is 8.41. The van der Waals surface area contributed by atoms with Crippen LogP contribution in [0.2, 0.25) is 0 Å². The van der Waals surface area contributed by atoms with E-state index in [4.69, 9.17) is 5.11 Å². The van der Waals surface area contributed by atoms with Crippen molar-refractivity contribution in [1.82, 2.24) is 0 Å². The maximum Gasteiger partial charge on any atom is 0.306 e. The number of phenolic OH excluding ortho intramolecular Hbond substituents is 1. The Balaban J connectivity index is 2.50. The zero-order chi connectivity index (χ0) is 13.7. The van der Waals surface area contributed by atoms with Crippen LogP contribution in [0, 0.1) is 12.8 Å². The number of phenols is 1. The van der Waals surface area contributed by atoms with E-state index < -0.39 is 5.97 Å². The van der Waals surface area contributed by atoms with Crippen molar-refractivity contribution in [2.45, 2.75) is 46.0 Å². The molecule has 0 heterocycles. The standard InChI is InChI=1S/C15H22O3/c1-10-7-8-13(14(16)9-10)11(2)5-4-6-12(3)15(17)18/h7-9,11-12,16H,4-6H2,1-3H3,(H,17,18)/t11-,12+/m0/s1. The Kier molecular flexibility index (Phi) is 5.20. The minimum atomic E-state index is -0.735. The molecule has 0 fully saturated rings. The summed E-state index contributed by atoms with van der Waals surface area (Å²) in [6.45, 7) is 5.74. The molecule has 3 nitrogen and oxygen atoms in total. The number of rotatable bonds is 6. The SMILES string of the molecule is Cc1ccc([C@@H](C)CCC[C@@H](C)C(=O)O)c(O)c1. The Morgan fingerprint density at radius 2 is 1.94 bits per heavy atom. The van der Waals surface area contributed by atoms with E-state index in [9.17, 15) is 9.90 Å². The van der Waals surface area contributed by atoms with Crippen LogP contribution in [0.3, 0.4) is 0 Å². The molecule has 0 amide bonds. The second kappa shape index (κ2) is 6.43. The minimum Gasteiger partial charge on any atom is -0.508 e. The lowest BCUT2D eigenvalue weighted by molar-refractivity contribution is -0.141. The van der Waals surface area contributed by atoms with E-state index in [1.54, 1.807) is 13.0 Å².